The molecule has 5 rings (SSSR count). The molecule has 3 fully saturated rings. The zero-order chi connectivity index (χ0) is 27.9. The number of piperidine rings is 1. The van der Waals surface area contributed by atoms with Gasteiger partial charge in [0.05, 0.1) is 16.6 Å². The van der Waals surface area contributed by atoms with Crippen molar-refractivity contribution in [1.82, 2.24) is 14.7 Å². The van der Waals surface area contributed by atoms with Crippen molar-refractivity contribution in [2.24, 2.45) is 11.8 Å². The first-order valence-corrected chi connectivity index (χ1v) is 14.2. The number of nitrogens with zero attached hydrogens (tertiary/aromatic N) is 3. The fraction of sp³-hybridized carbons (Fsp3) is 0.517. The largest absolute Gasteiger partial charge is 0.417 e. The number of rotatable bonds is 6. The highest BCUT2D eigenvalue weighted by molar-refractivity contribution is 6.31. The molecule has 2 amide bonds. The molecule has 2 aromatic carbocycles. The molecule has 2 aromatic rings. The quantitative estimate of drug-likeness (QED) is 0.408. The molecule has 2 heterocycles. The average molecular weight is 582 g/mol. The van der Waals surface area contributed by atoms with Crippen molar-refractivity contribution in [3.63, 3.8) is 0 Å². The molecule has 2 aliphatic heterocycles. The minimum Gasteiger partial charge on any atom is -0.340 e. The monoisotopic (exact) mass is 581 g/mol. The van der Waals surface area contributed by atoms with Crippen LogP contribution >= 0.6 is 23.2 Å². The van der Waals surface area contributed by atoms with Crippen LogP contribution in [0.15, 0.2) is 42.5 Å². The van der Waals surface area contributed by atoms with Crippen LogP contribution in [0.2, 0.25) is 10.0 Å². The number of hydrogen-bond donors (Lipinski definition) is 0. The smallest absolute Gasteiger partial charge is 0.340 e. The first-order valence-electron chi connectivity index (χ1n) is 13.4. The second-order valence-corrected chi connectivity index (χ2v) is 11.9. The number of carbonyl (C=O) groups is 2. The van der Waals surface area contributed by atoms with Crippen molar-refractivity contribution in [2.45, 2.75) is 43.8 Å². The Morgan fingerprint density at radius 3 is 2.26 bits per heavy atom. The number of alkyl halides is 3. The van der Waals surface area contributed by atoms with E-state index < -0.39 is 28.7 Å². The van der Waals surface area contributed by atoms with Crippen molar-refractivity contribution < 1.29 is 22.8 Å². The number of halogens is 5. The highest BCUT2D eigenvalue weighted by atomic mass is 35.5. The Hall–Kier alpha value is -2.29. The van der Waals surface area contributed by atoms with Crippen LogP contribution in [0, 0.1) is 11.8 Å². The first-order chi connectivity index (χ1) is 18.5. The summed E-state index contributed by atoms with van der Waals surface area (Å²) in [7, 11) is 1.59. The number of carbonyl (C=O) groups excluding carboxylic acids is 2. The Kier molecular flexibility index (Phi) is 8.18. The van der Waals surface area contributed by atoms with Gasteiger partial charge in [-0.25, -0.2) is 0 Å². The summed E-state index contributed by atoms with van der Waals surface area (Å²) in [6, 6.07) is 10.1. The minimum atomic E-state index is -4.68. The molecule has 39 heavy (non-hydrogen) atoms. The summed E-state index contributed by atoms with van der Waals surface area (Å²) in [6.45, 7) is 3.71. The number of benzene rings is 2. The van der Waals surface area contributed by atoms with Crippen molar-refractivity contribution in [3.8, 4) is 0 Å². The van der Waals surface area contributed by atoms with Gasteiger partial charge < -0.3 is 14.7 Å². The van der Waals surface area contributed by atoms with E-state index in [0.29, 0.717) is 18.1 Å². The third-order valence-electron chi connectivity index (χ3n) is 8.39. The highest BCUT2D eigenvalue weighted by Gasteiger charge is 2.43. The Morgan fingerprint density at radius 2 is 1.64 bits per heavy atom. The summed E-state index contributed by atoms with van der Waals surface area (Å²) in [6.07, 6.45) is -0.432. The predicted molar refractivity (Wildman–Crippen MR) is 145 cm³/mol. The van der Waals surface area contributed by atoms with Crippen LogP contribution in [-0.4, -0.2) is 72.3 Å². The summed E-state index contributed by atoms with van der Waals surface area (Å²) >= 11 is 11.9. The van der Waals surface area contributed by atoms with Gasteiger partial charge in [-0.1, -0.05) is 35.3 Å². The topological polar surface area (TPSA) is 43.9 Å². The maximum atomic E-state index is 13.6. The van der Waals surface area contributed by atoms with Gasteiger partial charge in [0.1, 0.15) is 0 Å². The second kappa shape index (κ2) is 11.3. The van der Waals surface area contributed by atoms with Gasteiger partial charge in [0, 0.05) is 49.1 Å². The van der Waals surface area contributed by atoms with E-state index in [4.69, 9.17) is 23.2 Å². The van der Waals surface area contributed by atoms with E-state index in [9.17, 15) is 22.8 Å². The minimum absolute atomic E-state index is 0.0586. The van der Waals surface area contributed by atoms with Gasteiger partial charge in [0.15, 0.2) is 0 Å². The van der Waals surface area contributed by atoms with Crippen molar-refractivity contribution in [3.05, 3.63) is 69.2 Å². The maximum Gasteiger partial charge on any atom is 0.417 e. The van der Waals surface area contributed by atoms with Crippen LogP contribution in [0.3, 0.4) is 0 Å². The van der Waals surface area contributed by atoms with Crippen LogP contribution in [0.25, 0.3) is 0 Å². The van der Waals surface area contributed by atoms with Gasteiger partial charge in [0.2, 0.25) is 5.91 Å². The predicted octanol–water partition coefficient (Wildman–Crippen LogP) is 6.20. The van der Waals surface area contributed by atoms with Gasteiger partial charge in [-0.15, -0.1) is 0 Å². The highest BCUT2D eigenvalue weighted by Crippen LogP contribution is 2.37. The lowest BCUT2D eigenvalue weighted by Gasteiger charge is -2.33. The lowest BCUT2D eigenvalue weighted by molar-refractivity contribution is -0.137. The molecule has 1 saturated carbocycles. The molecule has 2 atom stereocenters. The normalized spacial score (nSPS) is 22.8. The van der Waals surface area contributed by atoms with Crippen LogP contribution in [0.4, 0.5) is 13.2 Å². The van der Waals surface area contributed by atoms with E-state index in [1.165, 1.54) is 23.8 Å². The van der Waals surface area contributed by atoms with E-state index in [2.05, 4.69) is 4.90 Å². The third kappa shape index (κ3) is 6.39. The number of hydrogen-bond acceptors (Lipinski definition) is 3. The fourth-order valence-corrected chi connectivity index (χ4v) is 6.26. The van der Waals surface area contributed by atoms with Crippen LogP contribution in [-0.2, 0) is 11.0 Å². The van der Waals surface area contributed by atoms with Gasteiger partial charge in [0.25, 0.3) is 5.91 Å². The average Bonchev–Trinajstić information content (AvgIpc) is 3.62. The standard InChI is InChI=1S/C29H32Cl2F3N3O2/c1-35(27(38)21-6-9-25(31)24(14-21)29(32,33)34)26-17-37(16-23(26)19-4-7-22(30)8-5-19)28(39)20-10-12-36(13-11-20)15-18-2-3-18/h4-9,14,18,20,23,26H,2-3,10-13,15-17H2,1H3. The van der Waals surface area contributed by atoms with E-state index in [-0.39, 0.29) is 23.3 Å². The molecular weight excluding hydrogens is 550 g/mol. The van der Waals surface area contributed by atoms with Crippen LogP contribution in [0.5, 0.6) is 0 Å². The molecule has 0 aromatic heterocycles. The Balaban J connectivity index is 1.34. The molecule has 0 radical (unpaired) electrons. The first kappa shape index (κ1) is 28.2. The SMILES string of the molecule is CN(C(=O)c1ccc(Cl)c(C(F)(F)F)c1)C1CN(C(=O)C2CCN(CC3CC3)CC2)CC1c1ccc(Cl)cc1. The zero-order valence-electron chi connectivity index (χ0n) is 21.8. The summed E-state index contributed by atoms with van der Waals surface area (Å²) < 4.78 is 40.3. The molecule has 0 N–H and O–H groups in total. The summed E-state index contributed by atoms with van der Waals surface area (Å²) in [5.41, 5.74) is -0.225. The van der Waals surface area contributed by atoms with Crippen LogP contribution < -0.4 is 0 Å². The number of likely N-dealkylation sites (tertiary alicyclic amines) is 2. The molecule has 5 nitrogen and oxygen atoms in total. The molecule has 0 spiro atoms. The molecular formula is C29H32Cl2F3N3O2. The Labute approximate surface area is 236 Å². The number of amides is 2. The van der Waals surface area contributed by atoms with E-state index in [0.717, 1.165) is 56.1 Å². The van der Waals surface area contributed by atoms with E-state index in [1.54, 1.807) is 19.2 Å². The third-order valence-corrected chi connectivity index (χ3v) is 8.97. The van der Waals surface area contributed by atoms with Gasteiger partial charge in [-0.2, -0.15) is 13.2 Å². The van der Waals surface area contributed by atoms with Crippen molar-refractivity contribution >= 4 is 35.0 Å². The lowest BCUT2D eigenvalue weighted by atomic mass is 9.93. The van der Waals surface area contributed by atoms with E-state index >= 15 is 0 Å². The van der Waals surface area contributed by atoms with Gasteiger partial charge in [-0.05, 0) is 80.6 Å². The van der Waals surface area contributed by atoms with Crippen LogP contribution in [0.1, 0.15) is 53.1 Å². The van der Waals surface area contributed by atoms with E-state index in [1.807, 2.05) is 17.0 Å². The molecule has 210 valence electrons. The fourth-order valence-electron chi connectivity index (χ4n) is 5.91. The van der Waals surface area contributed by atoms with Gasteiger partial charge in [-0.3, -0.25) is 9.59 Å². The van der Waals surface area contributed by atoms with Crippen molar-refractivity contribution in [2.75, 3.05) is 39.8 Å². The Bertz CT molecular complexity index is 1210. The molecule has 2 saturated heterocycles. The summed E-state index contributed by atoms with van der Waals surface area (Å²) in [5, 5.41) is 0.117. The molecule has 1 aliphatic carbocycles. The zero-order valence-corrected chi connectivity index (χ0v) is 23.3. The van der Waals surface area contributed by atoms with Crippen molar-refractivity contribution in [1.29, 1.82) is 0 Å². The summed E-state index contributed by atoms with van der Waals surface area (Å²) in [5.74, 6) is 0.0943. The summed E-state index contributed by atoms with van der Waals surface area (Å²) in [4.78, 5) is 32.8. The molecule has 3 aliphatic rings. The lowest BCUT2D eigenvalue weighted by Crippen LogP contribution is -2.44. The second-order valence-electron chi connectivity index (χ2n) is 11.1. The van der Waals surface area contributed by atoms with Gasteiger partial charge >= 0.3 is 6.18 Å². The molecule has 10 heteroatoms. The molecule has 2 unspecified atom stereocenters. The Morgan fingerprint density at radius 1 is 0.974 bits per heavy atom. The number of likely N-dealkylation sites (N-methyl/N-ethyl adjacent to an activating group) is 1. The maximum absolute atomic E-state index is 13.6. The molecule has 0 bridgehead atoms.